The molecule has 0 rings (SSSR count). The number of unbranched alkanes of at least 4 members (excludes halogenated alkanes) is 3. The van der Waals surface area contributed by atoms with Crippen molar-refractivity contribution in [1.82, 2.24) is 0 Å². The molecule has 0 aromatic carbocycles. The molecule has 0 saturated carbocycles. The van der Waals surface area contributed by atoms with Crippen molar-refractivity contribution in [2.75, 3.05) is 32.0 Å². The Morgan fingerprint density at radius 2 is 1.43 bits per heavy atom. The number of hydrogen-bond acceptors (Lipinski definition) is 7. The van der Waals surface area contributed by atoms with Crippen LogP contribution in [0.4, 0.5) is 0 Å². The zero-order valence-corrected chi connectivity index (χ0v) is 19.1. The molecule has 0 unspecified atom stereocenters. The van der Waals surface area contributed by atoms with E-state index in [2.05, 4.69) is 0 Å². The maximum Gasteiger partial charge on any atom is 0.331 e. The minimum atomic E-state index is -3.48. The van der Waals surface area contributed by atoms with Gasteiger partial charge in [0.1, 0.15) is 0 Å². The van der Waals surface area contributed by atoms with E-state index in [4.69, 9.17) is 30.1 Å². The zero-order valence-electron chi connectivity index (χ0n) is 17.5. The molecule has 0 amide bonds. The second kappa shape index (κ2) is 17.3. The minimum Gasteiger partial charge on any atom is -0.465 e. The van der Waals surface area contributed by atoms with Crippen LogP contribution >= 0.6 is 19.2 Å². The third kappa shape index (κ3) is 13.5. The van der Waals surface area contributed by atoms with E-state index in [0.29, 0.717) is 13.2 Å². The fourth-order valence-electron chi connectivity index (χ4n) is 2.25. The Morgan fingerprint density at radius 1 is 0.893 bits per heavy atom. The number of carbonyl (C=O) groups is 2. The van der Waals surface area contributed by atoms with E-state index < -0.39 is 25.5 Å². The fraction of sp³-hybridized carbons (Fsp3) is 0.895. The van der Waals surface area contributed by atoms with E-state index >= 15 is 0 Å². The average Bonchev–Trinajstić information content (AvgIpc) is 2.66. The van der Waals surface area contributed by atoms with Crippen LogP contribution in [0.5, 0.6) is 0 Å². The first kappa shape index (κ1) is 27.4. The van der Waals surface area contributed by atoms with Crippen molar-refractivity contribution >= 4 is 31.1 Å². The Bertz CT molecular complexity index is 459. The molecule has 0 aliphatic rings. The van der Waals surface area contributed by atoms with Crippen molar-refractivity contribution < 1.29 is 32.7 Å². The van der Waals surface area contributed by atoms with Crippen LogP contribution in [0.3, 0.4) is 0 Å². The molecular formula is C19H36ClO7P. The van der Waals surface area contributed by atoms with Gasteiger partial charge in [-0.1, -0.05) is 51.6 Å². The lowest BCUT2D eigenvalue weighted by Gasteiger charge is -2.23. The molecule has 0 aliphatic heterocycles. The monoisotopic (exact) mass is 442 g/mol. The van der Waals surface area contributed by atoms with Gasteiger partial charge in [-0.05, 0) is 25.7 Å². The Morgan fingerprint density at radius 3 is 1.93 bits per heavy atom. The summed E-state index contributed by atoms with van der Waals surface area (Å²) in [5.74, 6) is -1.78. The number of rotatable bonds is 18. The normalized spacial score (nSPS) is 12.6. The summed E-state index contributed by atoms with van der Waals surface area (Å²) in [5.41, 5.74) is 0. The molecule has 0 aromatic heterocycles. The smallest absolute Gasteiger partial charge is 0.331 e. The second-order valence-corrected chi connectivity index (χ2v) is 8.87. The van der Waals surface area contributed by atoms with E-state index in [1.165, 1.54) is 0 Å². The van der Waals surface area contributed by atoms with Crippen LogP contribution < -0.4 is 0 Å². The molecule has 0 spiro atoms. The first-order valence-corrected chi connectivity index (χ1v) is 12.4. The molecule has 9 heteroatoms. The summed E-state index contributed by atoms with van der Waals surface area (Å²) in [6.45, 7) is 6.88. The standard InChI is InChI=1S/C19H36ClO7P/c1-4-7-12-24-19(22)17(10-11-18(21)25-16-20)15-28(23,26-13-8-5-2)27-14-9-6-3/h17H,4-16H2,1-3H3/t17-/m1/s1. The maximum absolute atomic E-state index is 13.2. The Hall–Kier alpha value is -0.620. The molecule has 0 bridgehead atoms. The van der Waals surface area contributed by atoms with Gasteiger partial charge in [0.15, 0.2) is 6.07 Å². The van der Waals surface area contributed by atoms with E-state index in [0.717, 1.165) is 38.5 Å². The quantitative estimate of drug-likeness (QED) is 0.123. The number of hydrogen-bond donors (Lipinski definition) is 0. The van der Waals surface area contributed by atoms with Gasteiger partial charge in [-0.2, -0.15) is 0 Å². The summed E-state index contributed by atoms with van der Waals surface area (Å²) < 4.78 is 34.3. The molecule has 0 radical (unpaired) electrons. The maximum atomic E-state index is 13.2. The third-order valence-electron chi connectivity index (χ3n) is 4.00. The highest BCUT2D eigenvalue weighted by Crippen LogP contribution is 2.51. The van der Waals surface area contributed by atoms with Crippen molar-refractivity contribution in [3.8, 4) is 0 Å². The van der Waals surface area contributed by atoms with Crippen molar-refractivity contribution in [2.24, 2.45) is 5.92 Å². The van der Waals surface area contributed by atoms with Gasteiger partial charge in [0.25, 0.3) is 0 Å². The van der Waals surface area contributed by atoms with Crippen LogP contribution in [0.1, 0.15) is 72.1 Å². The lowest BCUT2D eigenvalue weighted by molar-refractivity contribution is -0.149. The van der Waals surface area contributed by atoms with Crippen molar-refractivity contribution in [3.63, 3.8) is 0 Å². The lowest BCUT2D eigenvalue weighted by Crippen LogP contribution is -2.24. The van der Waals surface area contributed by atoms with Gasteiger partial charge in [0, 0.05) is 6.42 Å². The van der Waals surface area contributed by atoms with Gasteiger partial charge in [-0.3, -0.25) is 14.2 Å². The molecule has 0 N–H and O–H groups in total. The van der Waals surface area contributed by atoms with Crippen LogP contribution in [-0.4, -0.2) is 44.0 Å². The molecule has 0 fully saturated rings. The molecular weight excluding hydrogens is 407 g/mol. The largest absolute Gasteiger partial charge is 0.465 e. The van der Waals surface area contributed by atoms with Crippen LogP contribution in [0, 0.1) is 5.92 Å². The van der Waals surface area contributed by atoms with Gasteiger partial charge in [0.2, 0.25) is 0 Å². The van der Waals surface area contributed by atoms with Crippen LogP contribution in [-0.2, 0) is 32.7 Å². The molecule has 0 heterocycles. The van der Waals surface area contributed by atoms with Crippen LogP contribution in [0.2, 0.25) is 0 Å². The molecule has 166 valence electrons. The van der Waals surface area contributed by atoms with E-state index in [9.17, 15) is 14.2 Å². The van der Waals surface area contributed by atoms with Gasteiger partial charge in [-0.25, -0.2) is 0 Å². The van der Waals surface area contributed by atoms with Crippen molar-refractivity contribution in [2.45, 2.75) is 72.1 Å². The minimum absolute atomic E-state index is 0.0236. The number of alkyl halides is 1. The lowest BCUT2D eigenvalue weighted by atomic mass is 10.1. The van der Waals surface area contributed by atoms with E-state index in [-0.39, 0.29) is 31.7 Å². The molecule has 28 heavy (non-hydrogen) atoms. The van der Waals surface area contributed by atoms with E-state index in [1.54, 1.807) is 0 Å². The molecule has 1 atom stereocenters. The number of halogens is 1. The SMILES string of the molecule is CCCCOC(=O)[C@H](CCC(=O)OCCl)CP(=O)(OCCCC)OCCCC. The Kier molecular flexibility index (Phi) is 16.9. The fourth-order valence-corrected chi connectivity index (χ4v) is 4.35. The van der Waals surface area contributed by atoms with E-state index in [1.807, 2.05) is 20.8 Å². The summed E-state index contributed by atoms with van der Waals surface area (Å²) >= 11 is 5.39. The Labute approximate surface area is 174 Å². The van der Waals surface area contributed by atoms with Crippen LogP contribution in [0.25, 0.3) is 0 Å². The summed E-state index contributed by atoms with van der Waals surface area (Å²) in [5, 5.41) is 0. The summed E-state index contributed by atoms with van der Waals surface area (Å²) in [4.78, 5) is 24.1. The summed E-state index contributed by atoms with van der Waals surface area (Å²) in [6, 6.07) is -0.247. The summed E-state index contributed by atoms with van der Waals surface area (Å²) in [6.07, 6.45) is 4.90. The first-order valence-electron chi connectivity index (χ1n) is 10.2. The third-order valence-corrected chi connectivity index (χ3v) is 6.15. The predicted molar refractivity (Wildman–Crippen MR) is 110 cm³/mol. The van der Waals surface area contributed by atoms with Crippen molar-refractivity contribution in [3.05, 3.63) is 0 Å². The van der Waals surface area contributed by atoms with Gasteiger partial charge in [-0.15, -0.1) is 0 Å². The molecule has 0 aliphatic carbocycles. The van der Waals surface area contributed by atoms with Gasteiger partial charge >= 0.3 is 19.5 Å². The molecule has 7 nitrogen and oxygen atoms in total. The first-order chi connectivity index (χ1) is 13.4. The topological polar surface area (TPSA) is 88.1 Å². The number of carbonyl (C=O) groups excluding carboxylic acids is 2. The zero-order chi connectivity index (χ0) is 21.3. The van der Waals surface area contributed by atoms with Crippen molar-refractivity contribution in [1.29, 1.82) is 0 Å². The highest BCUT2D eigenvalue weighted by Gasteiger charge is 2.34. The second-order valence-electron chi connectivity index (χ2n) is 6.55. The van der Waals surface area contributed by atoms with Gasteiger partial charge < -0.3 is 18.5 Å². The highest BCUT2D eigenvalue weighted by molar-refractivity contribution is 7.53. The average molecular weight is 443 g/mol. The predicted octanol–water partition coefficient (Wildman–Crippen LogP) is 5.29. The summed E-state index contributed by atoms with van der Waals surface area (Å²) in [7, 11) is -3.48. The Balaban J connectivity index is 5.09. The molecule has 0 saturated heterocycles. The molecule has 0 aromatic rings. The highest BCUT2D eigenvalue weighted by atomic mass is 35.5. The van der Waals surface area contributed by atoms with Gasteiger partial charge in [0.05, 0.1) is 31.9 Å². The number of ether oxygens (including phenoxy) is 2. The number of esters is 2. The van der Waals surface area contributed by atoms with Crippen LogP contribution in [0.15, 0.2) is 0 Å².